The van der Waals surface area contributed by atoms with Crippen LogP contribution in [0.15, 0.2) is 30.9 Å². The molecule has 1 fully saturated rings. The number of hydrogen-bond acceptors (Lipinski definition) is 4. The lowest BCUT2D eigenvalue weighted by molar-refractivity contribution is 0.0925. The van der Waals surface area contributed by atoms with Gasteiger partial charge in [-0.05, 0) is 32.8 Å². The van der Waals surface area contributed by atoms with Gasteiger partial charge >= 0.3 is 0 Å². The molecule has 1 saturated carbocycles. The van der Waals surface area contributed by atoms with Gasteiger partial charge in [-0.25, -0.2) is 4.98 Å². The average Bonchev–Trinajstić information content (AvgIpc) is 3.27. The molecule has 1 N–H and O–H groups in total. The van der Waals surface area contributed by atoms with E-state index in [1.54, 1.807) is 18.6 Å². The minimum absolute atomic E-state index is 0.121. The minimum Gasteiger partial charge on any atom is -0.348 e. The fraction of sp³-hybridized carbons (Fsp3) is 0.474. The molecule has 136 valence electrons. The number of nitrogens with zero attached hydrogens (tertiary/aromatic N) is 5. The molecule has 0 aromatic carbocycles. The zero-order valence-corrected chi connectivity index (χ0v) is 15.2. The van der Waals surface area contributed by atoms with Crippen molar-refractivity contribution in [2.24, 2.45) is 0 Å². The Balaban J connectivity index is 1.74. The van der Waals surface area contributed by atoms with Crippen LogP contribution >= 0.6 is 0 Å². The maximum atomic E-state index is 12.9. The molecule has 3 heterocycles. The number of amides is 1. The predicted octanol–water partition coefficient (Wildman–Crippen LogP) is 3.24. The fourth-order valence-electron chi connectivity index (χ4n) is 3.69. The molecule has 1 amide bonds. The normalized spacial score (nSPS) is 15.7. The van der Waals surface area contributed by atoms with Gasteiger partial charge in [-0.1, -0.05) is 19.3 Å². The minimum atomic E-state index is -0.121. The number of aromatic nitrogens is 5. The first-order chi connectivity index (χ1) is 12.6. The van der Waals surface area contributed by atoms with Crippen LogP contribution in [0, 0.1) is 0 Å². The van der Waals surface area contributed by atoms with Gasteiger partial charge in [0.05, 0.1) is 11.7 Å². The Morgan fingerprint density at radius 3 is 2.81 bits per heavy atom. The summed E-state index contributed by atoms with van der Waals surface area (Å²) in [5, 5.41) is 7.55. The number of fused-ring (bicyclic) bond motifs is 1. The van der Waals surface area contributed by atoms with Gasteiger partial charge in [-0.2, -0.15) is 5.10 Å². The molecule has 0 bridgehead atoms. The van der Waals surface area contributed by atoms with E-state index in [-0.39, 0.29) is 18.0 Å². The molecule has 3 aromatic heterocycles. The van der Waals surface area contributed by atoms with Gasteiger partial charge in [-0.3, -0.25) is 18.9 Å². The summed E-state index contributed by atoms with van der Waals surface area (Å²) >= 11 is 0. The molecule has 0 unspecified atom stereocenters. The lowest BCUT2D eigenvalue weighted by Gasteiger charge is -2.22. The molecule has 0 spiro atoms. The summed E-state index contributed by atoms with van der Waals surface area (Å²) in [5.74, 6) is 0.589. The zero-order chi connectivity index (χ0) is 18.1. The highest BCUT2D eigenvalue weighted by atomic mass is 16.2. The second kappa shape index (κ2) is 6.90. The van der Waals surface area contributed by atoms with Gasteiger partial charge in [0, 0.05) is 30.7 Å². The quantitative estimate of drug-likeness (QED) is 0.782. The van der Waals surface area contributed by atoms with Crippen LogP contribution in [-0.4, -0.2) is 36.1 Å². The van der Waals surface area contributed by atoms with Gasteiger partial charge in [0.1, 0.15) is 5.69 Å². The SMILES string of the molecule is CC(C)n1nccc1-c1nc(C(=O)NC2CCCCC2)c2cnccn12. The third kappa shape index (κ3) is 2.98. The van der Waals surface area contributed by atoms with E-state index in [0.29, 0.717) is 17.0 Å². The summed E-state index contributed by atoms with van der Waals surface area (Å²) < 4.78 is 3.83. The van der Waals surface area contributed by atoms with Crippen molar-refractivity contribution >= 4 is 11.4 Å². The largest absolute Gasteiger partial charge is 0.348 e. The molecule has 0 saturated heterocycles. The van der Waals surface area contributed by atoms with Crippen LogP contribution in [0.2, 0.25) is 0 Å². The summed E-state index contributed by atoms with van der Waals surface area (Å²) in [6.45, 7) is 4.15. The van der Waals surface area contributed by atoms with Crippen molar-refractivity contribution in [2.75, 3.05) is 0 Å². The molecule has 3 aromatic rings. The summed E-state index contributed by atoms with van der Waals surface area (Å²) in [6.07, 6.45) is 12.7. The highest BCUT2D eigenvalue weighted by Crippen LogP contribution is 2.25. The molecule has 7 heteroatoms. The molecule has 26 heavy (non-hydrogen) atoms. The maximum absolute atomic E-state index is 12.9. The van der Waals surface area contributed by atoms with Crippen molar-refractivity contribution in [1.82, 2.24) is 29.5 Å². The van der Waals surface area contributed by atoms with Crippen LogP contribution in [0.4, 0.5) is 0 Å². The van der Waals surface area contributed by atoms with Crippen LogP contribution in [0.25, 0.3) is 17.0 Å². The Morgan fingerprint density at radius 2 is 2.04 bits per heavy atom. The standard InChI is InChI=1S/C19H24N6O/c1-13(2)25-15(8-9-21-25)18-23-17(16-12-20-10-11-24(16)18)19(26)22-14-6-4-3-5-7-14/h8-14H,3-7H2,1-2H3,(H,22,26). The van der Waals surface area contributed by atoms with Crippen molar-refractivity contribution in [1.29, 1.82) is 0 Å². The molecule has 0 radical (unpaired) electrons. The van der Waals surface area contributed by atoms with Crippen molar-refractivity contribution in [3.8, 4) is 11.5 Å². The van der Waals surface area contributed by atoms with E-state index in [2.05, 4.69) is 29.2 Å². The number of carbonyl (C=O) groups is 1. The molecule has 1 aliphatic rings. The molecule has 1 aliphatic carbocycles. The van der Waals surface area contributed by atoms with Gasteiger partial charge in [0.15, 0.2) is 11.5 Å². The lowest BCUT2D eigenvalue weighted by atomic mass is 9.95. The summed E-state index contributed by atoms with van der Waals surface area (Å²) in [7, 11) is 0. The number of nitrogens with one attached hydrogen (secondary N) is 1. The predicted molar refractivity (Wildman–Crippen MR) is 98.9 cm³/mol. The van der Waals surface area contributed by atoms with Crippen molar-refractivity contribution in [3.05, 3.63) is 36.5 Å². The number of hydrogen-bond donors (Lipinski definition) is 1. The van der Waals surface area contributed by atoms with E-state index >= 15 is 0 Å². The molecule has 0 atom stereocenters. The second-order valence-electron chi connectivity index (χ2n) is 7.18. The van der Waals surface area contributed by atoms with E-state index in [0.717, 1.165) is 18.5 Å². The fourth-order valence-corrected chi connectivity index (χ4v) is 3.69. The highest BCUT2D eigenvalue weighted by molar-refractivity contribution is 6.00. The monoisotopic (exact) mass is 352 g/mol. The first kappa shape index (κ1) is 16.8. The average molecular weight is 352 g/mol. The van der Waals surface area contributed by atoms with Crippen LogP contribution < -0.4 is 5.32 Å². The summed E-state index contributed by atoms with van der Waals surface area (Å²) in [4.78, 5) is 21.8. The third-order valence-corrected chi connectivity index (χ3v) is 4.99. The van der Waals surface area contributed by atoms with E-state index < -0.39 is 0 Å². The zero-order valence-electron chi connectivity index (χ0n) is 15.2. The smallest absolute Gasteiger partial charge is 0.272 e. The summed E-state index contributed by atoms with van der Waals surface area (Å²) in [6, 6.07) is 2.38. The number of carbonyl (C=O) groups excluding carboxylic acids is 1. The van der Waals surface area contributed by atoms with Gasteiger partial charge in [0.25, 0.3) is 5.91 Å². The maximum Gasteiger partial charge on any atom is 0.272 e. The van der Waals surface area contributed by atoms with Crippen LogP contribution in [0.3, 0.4) is 0 Å². The summed E-state index contributed by atoms with van der Waals surface area (Å²) in [5.41, 5.74) is 2.03. The Morgan fingerprint density at radius 1 is 1.23 bits per heavy atom. The van der Waals surface area contributed by atoms with Crippen molar-refractivity contribution in [2.45, 2.75) is 58.0 Å². The van der Waals surface area contributed by atoms with E-state index in [4.69, 9.17) is 4.98 Å². The molecule has 4 rings (SSSR count). The Hall–Kier alpha value is -2.70. The van der Waals surface area contributed by atoms with Crippen LogP contribution in [0.5, 0.6) is 0 Å². The highest BCUT2D eigenvalue weighted by Gasteiger charge is 2.23. The van der Waals surface area contributed by atoms with E-state index in [1.807, 2.05) is 21.3 Å². The Kier molecular flexibility index (Phi) is 4.44. The molecule has 0 aliphatic heterocycles. The Labute approximate surface area is 152 Å². The molecular formula is C19H24N6O. The van der Waals surface area contributed by atoms with E-state index in [9.17, 15) is 4.79 Å². The van der Waals surface area contributed by atoms with Gasteiger partial charge in [-0.15, -0.1) is 0 Å². The first-order valence-corrected chi connectivity index (χ1v) is 9.32. The van der Waals surface area contributed by atoms with E-state index in [1.165, 1.54) is 19.3 Å². The van der Waals surface area contributed by atoms with Gasteiger partial charge in [0.2, 0.25) is 0 Å². The van der Waals surface area contributed by atoms with Crippen LogP contribution in [-0.2, 0) is 0 Å². The van der Waals surface area contributed by atoms with Gasteiger partial charge < -0.3 is 5.32 Å². The van der Waals surface area contributed by atoms with Crippen molar-refractivity contribution < 1.29 is 4.79 Å². The second-order valence-corrected chi connectivity index (χ2v) is 7.18. The third-order valence-electron chi connectivity index (χ3n) is 4.99. The molecule has 7 nitrogen and oxygen atoms in total. The topological polar surface area (TPSA) is 77.1 Å². The number of rotatable bonds is 4. The number of imidazole rings is 1. The first-order valence-electron chi connectivity index (χ1n) is 9.32. The lowest BCUT2D eigenvalue weighted by Crippen LogP contribution is -2.36. The molecular weight excluding hydrogens is 328 g/mol. The Bertz CT molecular complexity index is 919. The van der Waals surface area contributed by atoms with Crippen LogP contribution in [0.1, 0.15) is 62.5 Å². The van der Waals surface area contributed by atoms with Crippen molar-refractivity contribution in [3.63, 3.8) is 0 Å².